The predicted octanol–water partition coefficient (Wildman–Crippen LogP) is 3.29. The molecule has 0 saturated carbocycles. The Morgan fingerprint density at radius 2 is 2.06 bits per heavy atom. The van der Waals surface area contributed by atoms with Gasteiger partial charge in [-0.1, -0.05) is 0 Å². The van der Waals surface area contributed by atoms with Crippen molar-refractivity contribution in [2.45, 2.75) is 13.8 Å². The van der Waals surface area contributed by atoms with Gasteiger partial charge >= 0.3 is 0 Å². The number of halogens is 2. The molecule has 0 saturated heterocycles. The van der Waals surface area contributed by atoms with Gasteiger partial charge in [-0.3, -0.25) is 4.79 Å². The fraction of sp³-hybridized carbons (Fsp3) is 0.167. The summed E-state index contributed by atoms with van der Waals surface area (Å²) in [6.07, 6.45) is 0. The molecule has 0 unspecified atom stereocenters. The molecule has 1 aromatic carbocycles. The number of nitrogens with one attached hydrogen (secondary N) is 1. The predicted molar refractivity (Wildman–Crippen MR) is 65.9 cm³/mol. The summed E-state index contributed by atoms with van der Waals surface area (Å²) in [4.78, 5) is 16.4. The summed E-state index contributed by atoms with van der Waals surface area (Å²) >= 11 is 1.21. The molecule has 3 nitrogen and oxygen atoms in total. The molecule has 0 aliphatic rings. The standard InChI is InChI=1S/C12H10F2N2OS/c1-6-11(18-7(2)15-6)12(17)16-10-5-8(13)3-4-9(10)14/h3-5H,1-2H3,(H,16,17). The minimum atomic E-state index is -0.677. The minimum Gasteiger partial charge on any atom is -0.319 e. The third-order valence-corrected chi connectivity index (χ3v) is 3.36. The molecule has 6 heteroatoms. The van der Waals surface area contributed by atoms with Gasteiger partial charge in [0.1, 0.15) is 16.5 Å². The Morgan fingerprint density at radius 3 is 2.67 bits per heavy atom. The number of hydrogen-bond acceptors (Lipinski definition) is 3. The van der Waals surface area contributed by atoms with Crippen molar-refractivity contribution in [1.82, 2.24) is 4.98 Å². The van der Waals surface area contributed by atoms with Crippen LogP contribution in [0.25, 0.3) is 0 Å². The van der Waals surface area contributed by atoms with Crippen LogP contribution in [0.5, 0.6) is 0 Å². The van der Waals surface area contributed by atoms with Crippen LogP contribution < -0.4 is 5.32 Å². The van der Waals surface area contributed by atoms with Crippen molar-refractivity contribution in [2.24, 2.45) is 0 Å². The summed E-state index contributed by atoms with van der Waals surface area (Å²) in [5.41, 5.74) is 0.400. The zero-order chi connectivity index (χ0) is 13.3. The number of thiazole rings is 1. The second kappa shape index (κ2) is 4.81. The summed E-state index contributed by atoms with van der Waals surface area (Å²) in [7, 11) is 0. The third-order valence-electron chi connectivity index (χ3n) is 2.29. The highest BCUT2D eigenvalue weighted by Crippen LogP contribution is 2.21. The molecule has 0 fully saturated rings. The molecule has 18 heavy (non-hydrogen) atoms. The van der Waals surface area contributed by atoms with E-state index in [0.717, 1.165) is 23.2 Å². The van der Waals surface area contributed by atoms with Crippen molar-refractivity contribution in [1.29, 1.82) is 0 Å². The Hall–Kier alpha value is -1.82. The Morgan fingerprint density at radius 1 is 1.33 bits per heavy atom. The van der Waals surface area contributed by atoms with Gasteiger partial charge in [0.2, 0.25) is 0 Å². The van der Waals surface area contributed by atoms with Crippen LogP contribution in [-0.2, 0) is 0 Å². The fourth-order valence-corrected chi connectivity index (χ4v) is 2.33. The third kappa shape index (κ3) is 2.53. The van der Waals surface area contributed by atoms with Crippen LogP contribution in [-0.4, -0.2) is 10.9 Å². The lowest BCUT2D eigenvalue weighted by Crippen LogP contribution is -2.12. The average molecular weight is 268 g/mol. The quantitative estimate of drug-likeness (QED) is 0.908. The first-order valence-electron chi connectivity index (χ1n) is 5.18. The molecular weight excluding hydrogens is 258 g/mol. The number of carbonyl (C=O) groups is 1. The Labute approximate surface area is 106 Å². The lowest BCUT2D eigenvalue weighted by atomic mass is 10.3. The van der Waals surface area contributed by atoms with E-state index in [1.54, 1.807) is 13.8 Å². The maximum atomic E-state index is 13.4. The van der Waals surface area contributed by atoms with Crippen molar-refractivity contribution >= 4 is 22.9 Å². The van der Waals surface area contributed by atoms with Crippen LogP contribution in [0.4, 0.5) is 14.5 Å². The van der Waals surface area contributed by atoms with Crippen molar-refractivity contribution in [2.75, 3.05) is 5.32 Å². The van der Waals surface area contributed by atoms with E-state index in [4.69, 9.17) is 0 Å². The second-order valence-corrected chi connectivity index (χ2v) is 4.93. The van der Waals surface area contributed by atoms with E-state index in [-0.39, 0.29) is 5.69 Å². The summed E-state index contributed by atoms with van der Waals surface area (Å²) in [6.45, 7) is 3.47. The SMILES string of the molecule is Cc1nc(C)c(C(=O)Nc2cc(F)ccc2F)s1. The lowest BCUT2D eigenvalue weighted by Gasteiger charge is -2.05. The summed E-state index contributed by atoms with van der Waals surface area (Å²) in [6, 6.07) is 2.90. The van der Waals surface area contributed by atoms with Crippen molar-refractivity contribution in [3.05, 3.63) is 45.4 Å². The molecule has 0 bridgehead atoms. The second-order valence-electron chi connectivity index (χ2n) is 3.73. The van der Waals surface area contributed by atoms with E-state index in [2.05, 4.69) is 10.3 Å². The summed E-state index contributed by atoms with van der Waals surface area (Å²) < 4.78 is 26.3. The minimum absolute atomic E-state index is 0.176. The highest BCUT2D eigenvalue weighted by Gasteiger charge is 2.15. The molecule has 2 rings (SSSR count). The average Bonchev–Trinajstić information content (AvgIpc) is 2.63. The zero-order valence-corrected chi connectivity index (χ0v) is 10.6. The molecule has 2 aromatic rings. The van der Waals surface area contributed by atoms with Gasteiger partial charge in [0.25, 0.3) is 5.91 Å². The molecule has 0 aliphatic carbocycles. The molecule has 1 N–H and O–H groups in total. The van der Waals surface area contributed by atoms with Gasteiger partial charge in [-0.2, -0.15) is 0 Å². The Bertz CT molecular complexity index is 610. The fourth-order valence-electron chi connectivity index (χ4n) is 1.51. The first kappa shape index (κ1) is 12.6. The molecule has 1 aromatic heterocycles. The molecule has 1 amide bonds. The molecule has 0 spiro atoms. The van der Waals surface area contributed by atoms with Gasteiger partial charge in [0.15, 0.2) is 0 Å². The topological polar surface area (TPSA) is 42.0 Å². The van der Waals surface area contributed by atoms with Gasteiger partial charge in [-0.25, -0.2) is 13.8 Å². The molecular formula is C12H10F2N2OS. The van der Waals surface area contributed by atoms with Crippen molar-refractivity contribution in [3.63, 3.8) is 0 Å². The maximum Gasteiger partial charge on any atom is 0.267 e. The molecule has 0 atom stereocenters. The number of aryl methyl sites for hydroxylation is 2. The monoisotopic (exact) mass is 268 g/mol. The molecule has 1 heterocycles. The van der Waals surface area contributed by atoms with Gasteiger partial charge in [0, 0.05) is 6.07 Å². The Balaban J connectivity index is 2.26. The van der Waals surface area contributed by atoms with Crippen molar-refractivity contribution < 1.29 is 13.6 Å². The number of carbonyl (C=O) groups excluding carboxylic acids is 1. The summed E-state index contributed by atoms with van der Waals surface area (Å²) in [5.74, 6) is -1.77. The van der Waals surface area contributed by atoms with Crippen LogP contribution in [0, 0.1) is 25.5 Å². The number of benzene rings is 1. The first-order chi connectivity index (χ1) is 8.47. The zero-order valence-electron chi connectivity index (χ0n) is 9.75. The van der Waals surface area contributed by atoms with Crippen LogP contribution in [0.15, 0.2) is 18.2 Å². The number of anilines is 1. The largest absolute Gasteiger partial charge is 0.319 e. The van der Waals surface area contributed by atoms with Crippen molar-refractivity contribution in [3.8, 4) is 0 Å². The van der Waals surface area contributed by atoms with Crippen LogP contribution in [0.3, 0.4) is 0 Å². The molecule has 0 radical (unpaired) electrons. The number of rotatable bonds is 2. The van der Waals surface area contributed by atoms with E-state index >= 15 is 0 Å². The smallest absolute Gasteiger partial charge is 0.267 e. The maximum absolute atomic E-state index is 13.4. The van der Waals surface area contributed by atoms with Crippen LogP contribution in [0.2, 0.25) is 0 Å². The van der Waals surface area contributed by atoms with E-state index in [1.807, 2.05) is 0 Å². The van der Waals surface area contributed by atoms with E-state index in [0.29, 0.717) is 10.6 Å². The van der Waals surface area contributed by atoms with E-state index in [9.17, 15) is 13.6 Å². The normalized spacial score (nSPS) is 10.4. The summed E-state index contributed by atoms with van der Waals surface area (Å²) in [5, 5.41) is 3.09. The van der Waals surface area contributed by atoms with Gasteiger partial charge < -0.3 is 5.32 Å². The van der Waals surface area contributed by atoms with Gasteiger partial charge in [-0.15, -0.1) is 11.3 Å². The van der Waals surface area contributed by atoms with Crippen LogP contribution >= 0.6 is 11.3 Å². The number of amides is 1. The number of aromatic nitrogens is 1. The molecule has 0 aliphatic heterocycles. The van der Waals surface area contributed by atoms with E-state index < -0.39 is 17.5 Å². The van der Waals surface area contributed by atoms with E-state index in [1.165, 1.54) is 11.3 Å². The Kier molecular flexibility index (Phi) is 3.38. The first-order valence-corrected chi connectivity index (χ1v) is 5.99. The number of nitrogens with zero attached hydrogens (tertiary/aromatic N) is 1. The lowest BCUT2D eigenvalue weighted by molar-refractivity contribution is 0.102. The van der Waals surface area contributed by atoms with Crippen LogP contribution in [0.1, 0.15) is 20.4 Å². The van der Waals surface area contributed by atoms with Gasteiger partial charge in [-0.05, 0) is 26.0 Å². The van der Waals surface area contributed by atoms with Gasteiger partial charge in [0.05, 0.1) is 16.4 Å². The highest BCUT2D eigenvalue weighted by atomic mass is 32.1. The number of hydrogen-bond donors (Lipinski definition) is 1. The highest BCUT2D eigenvalue weighted by molar-refractivity contribution is 7.13. The molecule has 94 valence electrons.